The Hall–Kier alpha value is -1.75. The zero-order valence-electron chi connectivity index (χ0n) is 19.3. The number of thioether (sulfide) groups is 1. The molecule has 5 rings (SSSR count). The van der Waals surface area contributed by atoms with Gasteiger partial charge in [0.15, 0.2) is 6.29 Å². The van der Waals surface area contributed by atoms with E-state index < -0.39 is 52.6 Å². The maximum atomic E-state index is 12.6. The standard InChI is InChI=1S/C26H24Cl3NO6S/c27-26(28,29)14-34-25(32)30-20-21(31)22-18(13-33-23(36-22)16-8-2-1-3-9-16)35-24(20)37-19-12-6-10-15-7-4-5-11-17(15)19/h1-12,18,20-24,31H,13-14H2,(H,30,32)/t18-,20-,21-,22-,23?,24+/m1/s1. The summed E-state index contributed by atoms with van der Waals surface area (Å²) in [7, 11) is 0. The van der Waals surface area contributed by atoms with Crippen molar-refractivity contribution in [3.05, 3.63) is 78.4 Å². The molecule has 196 valence electrons. The predicted molar refractivity (Wildman–Crippen MR) is 143 cm³/mol. The second kappa shape index (κ2) is 11.6. The van der Waals surface area contributed by atoms with Gasteiger partial charge in [-0.3, -0.25) is 0 Å². The fraction of sp³-hybridized carbons (Fsp3) is 0.346. The lowest BCUT2D eigenvalue weighted by Crippen LogP contribution is -2.65. The first-order chi connectivity index (χ1) is 17.8. The van der Waals surface area contributed by atoms with E-state index in [1.54, 1.807) is 0 Å². The summed E-state index contributed by atoms with van der Waals surface area (Å²) < 4.78 is 21.7. The Bertz CT molecular complexity index is 1220. The topological polar surface area (TPSA) is 86.3 Å². The number of fused-ring (bicyclic) bond motifs is 2. The molecule has 37 heavy (non-hydrogen) atoms. The summed E-state index contributed by atoms with van der Waals surface area (Å²) in [5.74, 6) is 0. The molecule has 1 amide bonds. The van der Waals surface area contributed by atoms with Gasteiger partial charge in [-0.2, -0.15) is 0 Å². The van der Waals surface area contributed by atoms with Gasteiger partial charge in [-0.05, 0) is 16.8 Å². The first-order valence-corrected chi connectivity index (χ1v) is 13.6. The van der Waals surface area contributed by atoms with E-state index in [9.17, 15) is 9.90 Å². The molecule has 2 saturated heterocycles. The first kappa shape index (κ1) is 26.8. The van der Waals surface area contributed by atoms with Crippen molar-refractivity contribution in [2.75, 3.05) is 13.2 Å². The van der Waals surface area contributed by atoms with Crippen LogP contribution in [-0.2, 0) is 18.9 Å². The molecule has 0 aliphatic carbocycles. The summed E-state index contributed by atoms with van der Waals surface area (Å²) in [6.45, 7) is -0.251. The van der Waals surface area contributed by atoms with Gasteiger partial charge in [0.25, 0.3) is 0 Å². The molecule has 2 aliphatic heterocycles. The van der Waals surface area contributed by atoms with Crippen LogP contribution in [0.4, 0.5) is 4.79 Å². The molecule has 11 heteroatoms. The Kier molecular flexibility index (Phi) is 8.38. The highest BCUT2D eigenvalue weighted by Gasteiger charge is 2.50. The zero-order chi connectivity index (χ0) is 26.0. The lowest BCUT2D eigenvalue weighted by Gasteiger charge is -2.47. The van der Waals surface area contributed by atoms with Crippen molar-refractivity contribution in [2.45, 2.75) is 44.8 Å². The number of hydrogen-bond donors (Lipinski definition) is 2. The van der Waals surface area contributed by atoms with E-state index in [1.807, 2.05) is 72.8 Å². The van der Waals surface area contributed by atoms with Crippen LogP contribution in [0.3, 0.4) is 0 Å². The van der Waals surface area contributed by atoms with Gasteiger partial charge in [0.1, 0.15) is 30.4 Å². The van der Waals surface area contributed by atoms with E-state index in [2.05, 4.69) is 5.32 Å². The highest BCUT2D eigenvalue weighted by molar-refractivity contribution is 8.00. The van der Waals surface area contributed by atoms with Crippen LogP contribution in [0.2, 0.25) is 0 Å². The van der Waals surface area contributed by atoms with Crippen LogP contribution in [0.25, 0.3) is 10.8 Å². The molecular weight excluding hydrogens is 561 g/mol. The largest absolute Gasteiger partial charge is 0.445 e. The Labute approximate surface area is 233 Å². The fourth-order valence-corrected chi connectivity index (χ4v) is 5.83. The van der Waals surface area contributed by atoms with Crippen molar-refractivity contribution < 1.29 is 28.8 Å². The van der Waals surface area contributed by atoms with Crippen LogP contribution < -0.4 is 5.32 Å². The summed E-state index contributed by atoms with van der Waals surface area (Å²) in [5.41, 5.74) is 0.120. The van der Waals surface area contributed by atoms with Gasteiger partial charge in [-0.25, -0.2) is 4.79 Å². The number of alkyl halides is 3. The zero-order valence-corrected chi connectivity index (χ0v) is 22.4. The van der Waals surface area contributed by atoms with Gasteiger partial charge in [0.05, 0.1) is 12.6 Å². The fourth-order valence-electron chi connectivity index (χ4n) is 4.37. The van der Waals surface area contributed by atoms with E-state index >= 15 is 0 Å². The van der Waals surface area contributed by atoms with Gasteiger partial charge < -0.3 is 29.4 Å². The molecule has 2 aliphatic rings. The molecule has 2 N–H and O–H groups in total. The van der Waals surface area contributed by atoms with Crippen LogP contribution in [0, 0.1) is 0 Å². The van der Waals surface area contributed by atoms with Crippen molar-refractivity contribution in [3.8, 4) is 0 Å². The molecule has 1 unspecified atom stereocenters. The molecule has 0 spiro atoms. The minimum absolute atomic E-state index is 0.207. The van der Waals surface area contributed by atoms with E-state index in [0.29, 0.717) is 0 Å². The molecule has 3 aromatic rings. The van der Waals surface area contributed by atoms with Crippen molar-refractivity contribution in [3.63, 3.8) is 0 Å². The molecule has 0 saturated carbocycles. The average Bonchev–Trinajstić information content (AvgIpc) is 2.90. The van der Waals surface area contributed by atoms with Crippen LogP contribution in [0.1, 0.15) is 11.9 Å². The first-order valence-electron chi connectivity index (χ1n) is 11.6. The molecule has 0 bridgehead atoms. The Balaban J connectivity index is 1.39. The van der Waals surface area contributed by atoms with E-state index in [-0.39, 0.29) is 6.61 Å². The van der Waals surface area contributed by atoms with Crippen LogP contribution in [-0.4, -0.2) is 58.0 Å². The van der Waals surface area contributed by atoms with Gasteiger partial charge in [0.2, 0.25) is 3.79 Å². The molecule has 2 heterocycles. The number of alkyl carbamates (subject to hydrolysis) is 1. The third kappa shape index (κ3) is 6.46. The van der Waals surface area contributed by atoms with Crippen molar-refractivity contribution >= 4 is 63.4 Å². The highest BCUT2D eigenvalue weighted by Crippen LogP contribution is 2.40. The van der Waals surface area contributed by atoms with Crippen LogP contribution >= 0.6 is 46.6 Å². The Morgan fingerprint density at radius 2 is 1.76 bits per heavy atom. The molecule has 6 atom stereocenters. The molecule has 7 nitrogen and oxygen atoms in total. The van der Waals surface area contributed by atoms with E-state index in [1.165, 1.54) is 11.8 Å². The minimum atomic E-state index is -1.77. The van der Waals surface area contributed by atoms with Gasteiger partial charge in [0, 0.05) is 10.5 Å². The van der Waals surface area contributed by atoms with Gasteiger partial charge in [-0.15, -0.1) is 0 Å². The lowest BCUT2D eigenvalue weighted by molar-refractivity contribution is -0.306. The number of benzene rings is 3. The number of rotatable bonds is 5. The maximum absolute atomic E-state index is 12.6. The van der Waals surface area contributed by atoms with Gasteiger partial charge >= 0.3 is 6.09 Å². The van der Waals surface area contributed by atoms with E-state index in [4.69, 9.17) is 53.8 Å². The second-order valence-corrected chi connectivity index (χ2v) is 12.3. The summed E-state index contributed by atoms with van der Waals surface area (Å²) in [6.07, 6.45) is -3.99. The number of carbonyl (C=O) groups excluding carboxylic acids is 1. The number of nitrogens with one attached hydrogen (secondary N) is 1. The second-order valence-electron chi connectivity index (χ2n) is 8.67. The smallest absolute Gasteiger partial charge is 0.407 e. The third-order valence-corrected chi connectivity index (χ3v) is 7.66. The maximum Gasteiger partial charge on any atom is 0.407 e. The molecule has 2 fully saturated rings. The number of halogens is 3. The predicted octanol–water partition coefficient (Wildman–Crippen LogP) is 5.60. The SMILES string of the molecule is O=C(N[C@@H]1[C@@H](O)[C@@H]2OC(c3ccccc3)OC[C@H]2O[C@H]1Sc1cccc2ccccc12)OCC(Cl)(Cl)Cl. The van der Waals surface area contributed by atoms with Crippen molar-refractivity contribution in [1.82, 2.24) is 5.32 Å². The van der Waals surface area contributed by atoms with Gasteiger partial charge in [-0.1, -0.05) is 113 Å². The van der Waals surface area contributed by atoms with Crippen molar-refractivity contribution in [2.24, 2.45) is 0 Å². The van der Waals surface area contributed by atoms with Crippen LogP contribution in [0.15, 0.2) is 77.7 Å². The quantitative estimate of drug-likeness (QED) is 0.378. The summed E-state index contributed by atoms with van der Waals surface area (Å²) in [4.78, 5) is 13.5. The summed E-state index contributed by atoms with van der Waals surface area (Å²) in [5, 5.41) is 16.2. The summed E-state index contributed by atoms with van der Waals surface area (Å²) >= 11 is 18.5. The Morgan fingerprint density at radius 3 is 2.54 bits per heavy atom. The van der Waals surface area contributed by atoms with E-state index in [0.717, 1.165) is 21.2 Å². The summed E-state index contributed by atoms with van der Waals surface area (Å²) in [6, 6.07) is 22.4. The molecule has 3 aromatic carbocycles. The normalized spacial score (nSPS) is 27.9. The molecule has 0 aromatic heterocycles. The monoisotopic (exact) mass is 583 g/mol. The number of aliphatic hydroxyl groups excluding tert-OH is 1. The van der Waals surface area contributed by atoms with Crippen molar-refractivity contribution in [1.29, 1.82) is 0 Å². The number of hydrogen-bond acceptors (Lipinski definition) is 7. The number of aliphatic hydroxyl groups is 1. The molecular formula is C26H24Cl3NO6S. The Morgan fingerprint density at radius 1 is 1.03 bits per heavy atom. The molecule has 0 radical (unpaired) electrons. The third-order valence-electron chi connectivity index (χ3n) is 6.08. The minimum Gasteiger partial charge on any atom is -0.445 e. The average molecular weight is 585 g/mol. The highest BCUT2D eigenvalue weighted by atomic mass is 35.6. The number of carbonyl (C=O) groups is 1. The van der Waals surface area contributed by atoms with Crippen LogP contribution in [0.5, 0.6) is 0 Å². The lowest BCUT2D eigenvalue weighted by atomic mass is 9.97. The number of amides is 1. The number of ether oxygens (including phenoxy) is 4.